The van der Waals surface area contributed by atoms with Crippen molar-refractivity contribution in [2.24, 2.45) is 0 Å². The van der Waals surface area contributed by atoms with Crippen LogP contribution in [0.1, 0.15) is 19.4 Å². The van der Waals surface area contributed by atoms with Crippen LogP contribution in [0.3, 0.4) is 0 Å². The highest BCUT2D eigenvalue weighted by Gasteiger charge is 2.12. The summed E-state index contributed by atoms with van der Waals surface area (Å²) in [4.78, 5) is 23.3. The SMILES string of the molecule is CCN(CC)C(=O)C=Cc1ccc(O)c([N+](=O)[O-])c1. The Morgan fingerprint density at radius 2 is 2.05 bits per heavy atom. The molecule has 0 atom stereocenters. The molecule has 0 fully saturated rings. The number of hydrogen-bond acceptors (Lipinski definition) is 4. The van der Waals surface area contributed by atoms with Crippen LogP contribution in [0.5, 0.6) is 5.75 Å². The summed E-state index contributed by atoms with van der Waals surface area (Å²) in [6.45, 7) is 4.96. The van der Waals surface area contributed by atoms with E-state index in [0.717, 1.165) is 0 Å². The van der Waals surface area contributed by atoms with Crippen molar-refractivity contribution >= 4 is 17.7 Å². The van der Waals surface area contributed by atoms with Crippen LogP contribution in [0.25, 0.3) is 6.08 Å². The summed E-state index contributed by atoms with van der Waals surface area (Å²) in [6.07, 6.45) is 2.86. The first-order valence-electron chi connectivity index (χ1n) is 5.94. The Labute approximate surface area is 111 Å². The molecule has 0 saturated carbocycles. The number of amides is 1. The van der Waals surface area contributed by atoms with E-state index in [9.17, 15) is 20.0 Å². The summed E-state index contributed by atoms with van der Waals surface area (Å²) in [5.41, 5.74) is 0.113. The van der Waals surface area contributed by atoms with Crippen LogP contribution < -0.4 is 0 Å². The first kappa shape index (κ1) is 14.7. The van der Waals surface area contributed by atoms with Gasteiger partial charge in [0.2, 0.25) is 5.91 Å². The molecule has 0 bridgehead atoms. The van der Waals surface area contributed by atoms with Crippen LogP contribution in [0.2, 0.25) is 0 Å². The maximum absolute atomic E-state index is 11.7. The molecule has 0 aliphatic heterocycles. The predicted octanol–water partition coefficient (Wildman–Crippen LogP) is 2.18. The van der Waals surface area contributed by atoms with E-state index in [1.54, 1.807) is 4.90 Å². The molecule has 1 amide bonds. The van der Waals surface area contributed by atoms with Crippen molar-refractivity contribution in [1.82, 2.24) is 4.90 Å². The van der Waals surface area contributed by atoms with Gasteiger partial charge in [-0.05, 0) is 31.6 Å². The molecule has 19 heavy (non-hydrogen) atoms. The van der Waals surface area contributed by atoms with Gasteiger partial charge in [0.15, 0.2) is 5.75 Å². The van der Waals surface area contributed by atoms with Crippen LogP contribution >= 0.6 is 0 Å². The molecule has 6 nitrogen and oxygen atoms in total. The van der Waals surface area contributed by atoms with E-state index in [4.69, 9.17) is 0 Å². The molecule has 1 aromatic carbocycles. The van der Waals surface area contributed by atoms with E-state index in [-0.39, 0.29) is 11.6 Å². The van der Waals surface area contributed by atoms with Gasteiger partial charge in [-0.15, -0.1) is 0 Å². The molecule has 0 aliphatic carbocycles. The van der Waals surface area contributed by atoms with Crippen LogP contribution in [-0.2, 0) is 4.79 Å². The Morgan fingerprint density at radius 3 is 2.58 bits per heavy atom. The number of carbonyl (C=O) groups is 1. The monoisotopic (exact) mass is 264 g/mol. The average Bonchev–Trinajstić information content (AvgIpc) is 2.38. The molecule has 0 unspecified atom stereocenters. The fraction of sp³-hybridized carbons (Fsp3) is 0.308. The first-order valence-corrected chi connectivity index (χ1v) is 5.94. The summed E-state index contributed by atoms with van der Waals surface area (Å²) < 4.78 is 0. The molecule has 0 aromatic heterocycles. The highest BCUT2D eigenvalue weighted by molar-refractivity contribution is 5.91. The van der Waals surface area contributed by atoms with Crippen molar-refractivity contribution in [3.8, 4) is 5.75 Å². The van der Waals surface area contributed by atoms with Gasteiger partial charge in [-0.25, -0.2) is 0 Å². The third kappa shape index (κ3) is 3.80. The first-order chi connectivity index (χ1) is 8.99. The third-order valence-electron chi connectivity index (χ3n) is 2.69. The summed E-state index contributed by atoms with van der Waals surface area (Å²) in [5, 5.41) is 20.0. The van der Waals surface area contributed by atoms with E-state index >= 15 is 0 Å². The number of carbonyl (C=O) groups excluding carboxylic acids is 1. The molecule has 0 spiro atoms. The van der Waals surface area contributed by atoms with Gasteiger partial charge in [-0.1, -0.05) is 6.07 Å². The second kappa shape index (κ2) is 6.53. The number of nitro benzene ring substituents is 1. The zero-order valence-corrected chi connectivity index (χ0v) is 10.9. The standard InChI is InChI=1S/C13H16N2O4/c1-3-14(4-2)13(17)8-6-10-5-7-12(16)11(9-10)15(18)19/h5-9,16H,3-4H2,1-2H3. The molecular formula is C13H16N2O4. The van der Waals surface area contributed by atoms with Gasteiger partial charge in [-0.3, -0.25) is 14.9 Å². The van der Waals surface area contributed by atoms with E-state index in [1.165, 1.54) is 30.4 Å². The second-order valence-corrected chi connectivity index (χ2v) is 3.85. The molecule has 1 rings (SSSR count). The zero-order chi connectivity index (χ0) is 14.4. The van der Waals surface area contributed by atoms with Crippen LogP contribution in [0.4, 0.5) is 5.69 Å². The Hall–Kier alpha value is -2.37. The lowest BCUT2D eigenvalue weighted by molar-refractivity contribution is -0.385. The van der Waals surface area contributed by atoms with Gasteiger partial charge in [0.05, 0.1) is 4.92 Å². The minimum Gasteiger partial charge on any atom is -0.502 e. The fourth-order valence-corrected chi connectivity index (χ4v) is 1.60. The zero-order valence-electron chi connectivity index (χ0n) is 10.9. The van der Waals surface area contributed by atoms with Crippen molar-refractivity contribution in [2.75, 3.05) is 13.1 Å². The minimum absolute atomic E-state index is 0.152. The second-order valence-electron chi connectivity index (χ2n) is 3.85. The quantitative estimate of drug-likeness (QED) is 0.502. The van der Waals surface area contributed by atoms with Crippen molar-refractivity contribution < 1.29 is 14.8 Å². The van der Waals surface area contributed by atoms with Crippen molar-refractivity contribution in [2.45, 2.75) is 13.8 Å². The van der Waals surface area contributed by atoms with E-state index in [1.807, 2.05) is 13.8 Å². The van der Waals surface area contributed by atoms with Gasteiger partial charge in [0.25, 0.3) is 0 Å². The summed E-state index contributed by atoms with van der Waals surface area (Å²) in [5.74, 6) is -0.544. The number of rotatable bonds is 5. The lowest BCUT2D eigenvalue weighted by Gasteiger charge is -2.15. The predicted molar refractivity (Wildman–Crippen MR) is 71.7 cm³/mol. The van der Waals surface area contributed by atoms with E-state index in [0.29, 0.717) is 18.7 Å². The number of phenolic OH excluding ortho intramolecular Hbond substituents is 1. The fourth-order valence-electron chi connectivity index (χ4n) is 1.60. The molecule has 0 radical (unpaired) electrons. The lowest BCUT2D eigenvalue weighted by Crippen LogP contribution is -2.28. The molecule has 6 heteroatoms. The number of benzene rings is 1. The van der Waals surface area contributed by atoms with Gasteiger partial charge in [0, 0.05) is 25.2 Å². The Morgan fingerprint density at radius 1 is 1.42 bits per heavy atom. The Balaban J connectivity index is 2.91. The van der Waals surface area contributed by atoms with Crippen LogP contribution in [-0.4, -0.2) is 33.9 Å². The number of nitrogens with zero attached hydrogens (tertiary/aromatic N) is 2. The van der Waals surface area contributed by atoms with E-state index in [2.05, 4.69) is 0 Å². The summed E-state index contributed by atoms with van der Waals surface area (Å²) in [6, 6.07) is 3.97. The van der Waals surface area contributed by atoms with Gasteiger partial charge in [0.1, 0.15) is 0 Å². The van der Waals surface area contributed by atoms with Gasteiger partial charge in [-0.2, -0.15) is 0 Å². The molecule has 102 valence electrons. The van der Waals surface area contributed by atoms with Crippen molar-refractivity contribution in [3.05, 3.63) is 40.0 Å². The van der Waals surface area contributed by atoms with Crippen molar-refractivity contribution in [3.63, 3.8) is 0 Å². The molecule has 1 aromatic rings. The van der Waals surface area contributed by atoms with E-state index < -0.39 is 10.7 Å². The number of aromatic hydroxyl groups is 1. The number of likely N-dealkylation sites (N-methyl/N-ethyl adjacent to an activating group) is 1. The van der Waals surface area contributed by atoms with Crippen LogP contribution in [0.15, 0.2) is 24.3 Å². The Kier molecular flexibility index (Phi) is 5.05. The third-order valence-corrected chi connectivity index (χ3v) is 2.69. The minimum atomic E-state index is -0.668. The lowest BCUT2D eigenvalue weighted by atomic mass is 10.1. The normalized spacial score (nSPS) is 10.6. The summed E-state index contributed by atoms with van der Waals surface area (Å²) >= 11 is 0. The average molecular weight is 264 g/mol. The van der Waals surface area contributed by atoms with Crippen molar-refractivity contribution in [1.29, 1.82) is 0 Å². The molecule has 1 N–H and O–H groups in total. The topological polar surface area (TPSA) is 83.7 Å². The summed E-state index contributed by atoms with van der Waals surface area (Å²) in [7, 11) is 0. The number of hydrogen-bond donors (Lipinski definition) is 1. The smallest absolute Gasteiger partial charge is 0.311 e. The Bertz CT molecular complexity index is 507. The highest BCUT2D eigenvalue weighted by atomic mass is 16.6. The highest BCUT2D eigenvalue weighted by Crippen LogP contribution is 2.26. The molecule has 0 aliphatic rings. The number of phenols is 1. The number of nitro groups is 1. The molecular weight excluding hydrogens is 248 g/mol. The van der Waals surface area contributed by atoms with Gasteiger partial charge >= 0.3 is 5.69 Å². The largest absolute Gasteiger partial charge is 0.502 e. The van der Waals surface area contributed by atoms with Gasteiger partial charge < -0.3 is 10.0 Å². The van der Waals surface area contributed by atoms with Crippen LogP contribution in [0, 0.1) is 10.1 Å². The maximum Gasteiger partial charge on any atom is 0.311 e. The molecule has 0 heterocycles. The molecule has 0 saturated heterocycles. The maximum atomic E-state index is 11.7.